The molecule has 0 unspecified atom stereocenters. The molecular formula is C22H28N2. The summed E-state index contributed by atoms with van der Waals surface area (Å²) in [5.74, 6) is 0.757. The summed E-state index contributed by atoms with van der Waals surface area (Å²) in [5, 5.41) is 0. The highest BCUT2D eigenvalue weighted by molar-refractivity contribution is 5.30. The average molecular weight is 320 g/mol. The van der Waals surface area contributed by atoms with E-state index in [4.69, 9.17) is 0 Å². The van der Waals surface area contributed by atoms with Crippen molar-refractivity contribution in [2.45, 2.75) is 38.5 Å². The molecule has 2 fully saturated rings. The average Bonchev–Trinajstić information content (AvgIpc) is 3.12. The third-order valence-corrected chi connectivity index (χ3v) is 6.24. The Morgan fingerprint density at radius 2 is 1.12 bits per heavy atom. The van der Waals surface area contributed by atoms with Crippen LogP contribution in [0.2, 0.25) is 0 Å². The second-order valence-electron chi connectivity index (χ2n) is 8.25. The Labute approximate surface area is 146 Å². The summed E-state index contributed by atoms with van der Waals surface area (Å²) < 4.78 is 0. The van der Waals surface area contributed by atoms with E-state index in [1.54, 1.807) is 0 Å². The van der Waals surface area contributed by atoms with Crippen LogP contribution < -0.4 is 0 Å². The van der Waals surface area contributed by atoms with Gasteiger partial charge < -0.3 is 0 Å². The van der Waals surface area contributed by atoms with Crippen molar-refractivity contribution in [1.82, 2.24) is 9.80 Å². The van der Waals surface area contributed by atoms with Gasteiger partial charge in [0, 0.05) is 0 Å². The van der Waals surface area contributed by atoms with E-state index >= 15 is 0 Å². The number of rotatable bonds is 3. The zero-order chi connectivity index (χ0) is 16.9. The van der Waals surface area contributed by atoms with Gasteiger partial charge in [-0.1, -0.05) is 74.5 Å². The SMILES string of the molecule is CN1C([C@H]2CC2(C)C)N(C)[C@@H](c2ccccc2)[C@@H]1c1ccccc1. The van der Waals surface area contributed by atoms with Crippen LogP contribution in [0.1, 0.15) is 43.5 Å². The zero-order valence-electron chi connectivity index (χ0n) is 15.2. The molecule has 0 bridgehead atoms. The molecule has 0 N–H and O–H groups in total. The normalized spacial score (nSPS) is 30.6. The van der Waals surface area contributed by atoms with Gasteiger partial charge in [-0.3, -0.25) is 9.80 Å². The molecule has 2 nitrogen and oxygen atoms in total. The second kappa shape index (κ2) is 5.72. The van der Waals surface area contributed by atoms with Gasteiger partial charge in [0.25, 0.3) is 0 Å². The minimum atomic E-state index is 0.403. The van der Waals surface area contributed by atoms with Crippen molar-refractivity contribution in [1.29, 1.82) is 0 Å². The van der Waals surface area contributed by atoms with Crippen LogP contribution in [0.3, 0.4) is 0 Å². The lowest BCUT2D eigenvalue weighted by atomic mass is 9.93. The van der Waals surface area contributed by atoms with Gasteiger partial charge in [-0.05, 0) is 43.0 Å². The number of likely N-dealkylation sites (N-methyl/N-ethyl adjacent to an activating group) is 2. The molecule has 0 amide bonds. The Bertz CT molecular complexity index is 643. The summed E-state index contributed by atoms with van der Waals surface area (Å²) in [6.07, 6.45) is 1.84. The molecule has 0 aromatic heterocycles. The van der Waals surface area contributed by atoms with E-state index in [2.05, 4.69) is 98.4 Å². The highest BCUT2D eigenvalue weighted by atomic mass is 15.4. The molecule has 2 aliphatic rings. The Morgan fingerprint density at radius 3 is 1.46 bits per heavy atom. The first-order chi connectivity index (χ1) is 11.5. The van der Waals surface area contributed by atoms with Gasteiger partial charge in [0.1, 0.15) is 0 Å². The van der Waals surface area contributed by atoms with Crippen LogP contribution in [0.15, 0.2) is 60.7 Å². The van der Waals surface area contributed by atoms with E-state index in [1.165, 1.54) is 17.5 Å². The van der Waals surface area contributed by atoms with Crippen molar-refractivity contribution in [3.63, 3.8) is 0 Å². The summed E-state index contributed by atoms with van der Waals surface area (Å²) in [6.45, 7) is 4.82. The van der Waals surface area contributed by atoms with E-state index in [9.17, 15) is 0 Å². The highest BCUT2D eigenvalue weighted by Crippen LogP contribution is 2.59. The number of hydrogen-bond acceptors (Lipinski definition) is 2. The summed E-state index contributed by atoms with van der Waals surface area (Å²) in [7, 11) is 4.63. The Hall–Kier alpha value is -1.64. The highest BCUT2D eigenvalue weighted by Gasteiger charge is 2.58. The molecule has 2 heteroatoms. The molecule has 0 radical (unpaired) electrons. The fourth-order valence-electron chi connectivity index (χ4n) is 4.78. The van der Waals surface area contributed by atoms with Crippen LogP contribution >= 0.6 is 0 Å². The lowest BCUT2D eigenvalue weighted by Gasteiger charge is -2.28. The van der Waals surface area contributed by atoms with Crippen molar-refractivity contribution in [3.05, 3.63) is 71.8 Å². The fraction of sp³-hybridized carbons (Fsp3) is 0.455. The summed E-state index contributed by atoms with van der Waals surface area (Å²) in [4.78, 5) is 5.23. The van der Waals surface area contributed by atoms with Gasteiger partial charge in [-0.2, -0.15) is 0 Å². The first kappa shape index (κ1) is 15.9. The van der Waals surface area contributed by atoms with E-state index in [0.29, 0.717) is 23.7 Å². The van der Waals surface area contributed by atoms with Gasteiger partial charge in [-0.25, -0.2) is 0 Å². The van der Waals surface area contributed by atoms with Gasteiger partial charge in [0.05, 0.1) is 18.2 Å². The van der Waals surface area contributed by atoms with Crippen LogP contribution in [-0.2, 0) is 0 Å². The Balaban J connectivity index is 1.76. The Morgan fingerprint density at radius 1 is 0.750 bits per heavy atom. The molecule has 1 aliphatic carbocycles. The summed E-state index contributed by atoms with van der Waals surface area (Å²) in [5.41, 5.74) is 3.31. The van der Waals surface area contributed by atoms with Crippen molar-refractivity contribution in [2.24, 2.45) is 11.3 Å². The number of hydrogen-bond donors (Lipinski definition) is 0. The molecule has 2 aromatic carbocycles. The first-order valence-corrected chi connectivity index (χ1v) is 9.04. The third-order valence-electron chi connectivity index (χ3n) is 6.24. The van der Waals surface area contributed by atoms with Crippen LogP contribution in [-0.4, -0.2) is 30.1 Å². The van der Waals surface area contributed by atoms with E-state index in [1.807, 2.05) is 0 Å². The molecule has 1 saturated carbocycles. The Kier molecular flexibility index (Phi) is 3.78. The molecular weight excluding hydrogens is 292 g/mol. The predicted octanol–water partition coefficient (Wildman–Crippen LogP) is 4.72. The van der Waals surface area contributed by atoms with E-state index < -0.39 is 0 Å². The quantitative estimate of drug-likeness (QED) is 0.807. The number of benzene rings is 2. The van der Waals surface area contributed by atoms with Gasteiger partial charge in [0.2, 0.25) is 0 Å². The van der Waals surface area contributed by atoms with Crippen molar-refractivity contribution in [2.75, 3.05) is 14.1 Å². The molecule has 24 heavy (non-hydrogen) atoms. The number of nitrogens with zero attached hydrogens (tertiary/aromatic N) is 2. The van der Waals surface area contributed by atoms with Gasteiger partial charge >= 0.3 is 0 Å². The first-order valence-electron chi connectivity index (χ1n) is 9.04. The minimum absolute atomic E-state index is 0.403. The lowest BCUT2D eigenvalue weighted by molar-refractivity contribution is 0.124. The largest absolute Gasteiger partial charge is 0.282 e. The standard InChI is InChI=1S/C22H28N2/c1-22(2)15-18(22)21-23(3)19(16-11-7-5-8-12-16)20(24(21)4)17-13-9-6-10-14-17/h5-14,18-21H,15H2,1-4H3/t18-,19+,20+/m1/s1. The van der Waals surface area contributed by atoms with Crippen LogP contribution in [0.5, 0.6) is 0 Å². The minimum Gasteiger partial charge on any atom is -0.282 e. The monoisotopic (exact) mass is 320 g/mol. The molecule has 1 aliphatic heterocycles. The van der Waals surface area contributed by atoms with Crippen LogP contribution in [0.4, 0.5) is 0 Å². The molecule has 0 spiro atoms. The maximum Gasteiger partial charge on any atom is 0.0663 e. The van der Waals surface area contributed by atoms with Crippen LogP contribution in [0, 0.1) is 11.3 Å². The van der Waals surface area contributed by atoms with Gasteiger partial charge in [0.15, 0.2) is 0 Å². The molecule has 3 atom stereocenters. The van der Waals surface area contributed by atoms with Crippen molar-refractivity contribution >= 4 is 0 Å². The molecule has 2 aromatic rings. The molecule has 1 saturated heterocycles. The predicted molar refractivity (Wildman–Crippen MR) is 99.6 cm³/mol. The molecule has 4 rings (SSSR count). The third kappa shape index (κ3) is 2.49. The lowest BCUT2D eigenvalue weighted by Crippen LogP contribution is -2.38. The second-order valence-corrected chi connectivity index (χ2v) is 8.25. The van der Waals surface area contributed by atoms with Crippen LogP contribution in [0.25, 0.3) is 0 Å². The zero-order valence-corrected chi connectivity index (χ0v) is 15.2. The summed E-state index contributed by atoms with van der Waals surface area (Å²) >= 11 is 0. The smallest absolute Gasteiger partial charge is 0.0663 e. The van der Waals surface area contributed by atoms with Crippen molar-refractivity contribution < 1.29 is 0 Å². The molecule has 1 heterocycles. The maximum atomic E-state index is 2.62. The van der Waals surface area contributed by atoms with Crippen molar-refractivity contribution in [3.8, 4) is 0 Å². The van der Waals surface area contributed by atoms with E-state index in [-0.39, 0.29) is 0 Å². The van der Waals surface area contributed by atoms with E-state index in [0.717, 1.165) is 5.92 Å². The maximum absolute atomic E-state index is 2.62. The summed E-state index contributed by atoms with van der Waals surface area (Å²) in [6, 6.07) is 22.8. The van der Waals surface area contributed by atoms with Gasteiger partial charge in [-0.15, -0.1) is 0 Å². The topological polar surface area (TPSA) is 6.48 Å². The molecule has 126 valence electrons. The fourth-order valence-corrected chi connectivity index (χ4v) is 4.78.